The van der Waals surface area contributed by atoms with Gasteiger partial charge in [0.05, 0.1) is 16.8 Å². The molecule has 1 aromatic carbocycles. The monoisotopic (exact) mass is 688 g/mol. The van der Waals surface area contributed by atoms with E-state index in [0.29, 0.717) is 50.4 Å². The number of hydrogen-bond donors (Lipinski definition) is 3. The van der Waals surface area contributed by atoms with Crippen molar-refractivity contribution in [3.8, 4) is 21.7 Å². The summed E-state index contributed by atoms with van der Waals surface area (Å²) in [6, 6.07) is 10.5. The van der Waals surface area contributed by atoms with Crippen LogP contribution in [0.3, 0.4) is 0 Å². The summed E-state index contributed by atoms with van der Waals surface area (Å²) in [4.78, 5) is 51.0. The number of thiophene rings is 1. The van der Waals surface area contributed by atoms with Crippen LogP contribution in [0.15, 0.2) is 42.7 Å². The highest BCUT2D eigenvalue weighted by Gasteiger charge is 2.43. The van der Waals surface area contributed by atoms with Gasteiger partial charge in [-0.2, -0.15) is 0 Å². The molecule has 4 aromatic rings. The number of hydrogen-bond acceptors (Lipinski definition) is 9. The fraction of sp³-hybridized carbons (Fsp3) is 0.457. The van der Waals surface area contributed by atoms with Gasteiger partial charge in [0.1, 0.15) is 15.6 Å². The molecule has 13 heteroatoms. The third-order valence-electron chi connectivity index (χ3n) is 9.38. The Morgan fingerprint density at radius 3 is 2.48 bits per heavy atom. The van der Waals surface area contributed by atoms with Gasteiger partial charge in [-0.15, -0.1) is 22.7 Å². The average Bonchev–Trinajstić information content (AvgIpc) is 3.80. The number of anilines is 1. The topological polar surface area (TPSA) is 137 Å². The molecule has 2 fully saturated rings. The van der Waals surface area contributed by atoms with E-state index in [1.165, 1.54) is 16.2 Å². The van der Waals surface area contributed by atoms with Gasteiger partial charge in [0.25, 0.3) is 0 Å². The summed E-state index contributed by atoms with van der Waals surface area (Å²) in [5.74, 6) is 0.806. The molecular weight excluding hydrogens is 649 g/mol. The second kappa shape index (κ2) is 13.1. The average molecular weight is 689 g/mol. The number of thiazole rings is 1. The van der Waals surface area contributed by atoms with E-state index in [1.54, 1.807) is 23.7 Å². The number of likely N-dealkylation sites (tertiary alicyclic amines) is 1. The summed E-state index contributed by atoms with van der Waals surface area (Å²) < 4.78 is 6.61. The second-order valence-electron chi connectivity index (χ2n) is 13.9. The standard InChI is InChI=1S/C35H40N6O5S2/c1-35(2,3)46-34(45)41-17-22-14-24(15-23(22)18-41)37-12-8-29(42)39-32-30(25-9-13-40(33(43)44)19-28(25)48-32)31-38-26-16-21(4-5-27(26)47-31)20-6-10-36-11-7-20/h4-7,10-11,16,22-24,37H,8-9,12-15,17-19H2,1-3H3,(H,39,42)(H,43,44)/t22-,23+,24?. The number of fused-ring (bicyclic) bond motifs is 3. The SMILES string of the molecule is CC(C)(C)OC(=O)N1C[C@H]2CC(NCCC(=O)Nc3sc4c(c3-c3nc5cc(-c6ccncc6)ccc5s3)CCN(C(=O)O)C4)C[C@H]2C1. The van der Waals surface area contributed by atoms with Gasteiger partial charge in [-0.3, -0.25) is 9.78 Å². The van der Waals surface area contributed by atoms with E-state index in [0.717, 1.165) is 73.3 Å². The predicted molar refractivity (Wildman–Crippen MR) is 187 cm³/mol. The summed E-state index contributed by atoms with van der Waals surface area (Å²) >= 11 is 3.04. The predicted octanol–water partition coefficient (Wildman–Crippen LogP) is 6.69. The Balaban J connectivity index is 1.02. The first kappa shape index (κ1) is 32.5. The summed E-state index contributed by atoms with van der Waals surface area (Å²) in [7, 11) is 0. The van der Waals surface area contributed by atoms with Crippen LogP contribution in [-0.4, -0.2) is 80.8 Å². The van der Waals surface area contributed by atoms with E-state index in [-0.39, 0.29) is 12.0 Å². The zero-order valence-corrected chi connectivity index (χ0v) is 29.0. The zero-order chi connectivity index (χ0) is 33.6. The molecule has 0 radical (unpaired) electrons. The summed E-state index contributed by atoms with van der Waals surface area (Å²) in [5, 5.41) is 18.0. The Morgan fingerprint density at radius 2 is 1.77 bits per heavy atom. The molecule has 3 aromatic heterocycles. The zero-order valence-electron chi connectivity index (χ0n) is 27.3. The van der Waals surface area contributed by atoms with Crippen molar-refractivity contribution in [1.82, 2.24) is 25.1 Å². The van der Waals surface area contributed by atoms with Gasteiger partial charge in [-0.25, -0.2) is 14.6 Å². The lowest BCUT2D eigenvalue weighted by Gasteiger charge is -2.25. The Bertz CT molecular complexity index is 1840. The molecule has 2 aliphatic heterocycles. The lowest BCUT2D eigenvalue weighted by atomic mass is 10.0. The van der Waals surface area contributed by atoms with Crippen molar-refractivity contribution in [1.29, 1.82) is 0 Å². The summed E-state index contributed by atoms with van der Waals surface area (Å²) in [5.41, 5.74) is 4.47. The fourth-order valence-electron chi connectivity index (χ4n) is 7.16. The lowest BCUT2D eigenvalue weighted by Crippen LogP contribution is -2.37. The molecule has 11 nitrogen and oxygen atoms in total. The third-order valence-corrected chi connectivity index (χ3v) is 11.6. The van der Waals surface area contributed by atoms with Crippen LogP contribution in [0.4, 0.5) is 14.6 Å². The van der Waals surface area contributed by atoms with Gasteiger partial charge in [0.15, 0.2) is 0 Å². The van der Waals surface area contributed by atoms with Crippen molar-refractivity contribution in [2.45, 2.75) is 64.6 Å². The van der Waals surface area contributed by atoms with E-state index in [1.807, 2.05) is 37.8 Å². The number of carboxylic acid groups (broad SMARTS) is 1. The minimum Gasteiger partial charge on any atom is -0.465 e. The van der Waals surface area contributed by atoms with Crippen LogP contribution < -0.4 is 10.6 Å². The first-order valence-corrected chi connectivity index (χ1v) is 18.1. The number of nitrogens with one attached hydrogen (secondary N) is 2. The van der Waals surface area contributed by atoms with E-state index >= 15 is 0 Å². The Morgan fingerprint density at radius 1 is 1.02 bits per heavy atom. The highest BCUT2D eigenvalue weighted by molar-refractivity contribution is 7.23. The molecule has 3 amide bonds. The summed E-state index contributed by atoms with van der Waals surface area (Å²) in [6.07, 6.45) is 5.21. The molecule has 3 aliphatic rings. The highest BCUT2D eigenvalue weighted by Crippen LogP contribution is 2.46. The second-order valence-corrected chi connectivity index (χ2v) is 16.1. The van der Waals surface area contributed by atoms with Gasteiger partial charge >= 0.3 is 12.2 Å². The van der Waals surface area contributed by atoms with Gasteiger partial charge < -0.3 is 30.3 Å². The summed E-state index contributed by atoms with van der Waals surface area (Å²) in [6.45, 7) is 8.36. The van der Waals surface area contributed by atoms with Gasteiger partial charge in [0.2, 0.25) is 5.91 Å². The molecule has 0 spiro atoms. The Kier molecular flexibility index (Phi) is 8.86. The molecule has 1 aliphatic carbocycles. The first-order valence-electron chi connectivity index (χ1n) is 16.5. The smallest absolute Gasteiger partial charge is 0.410 e. The van der Waals surface area contributed by atoms with Crippen LogP contribution in [0.5, 0.6) is 0 Å². The number of carbonyl (C=O) groups is 3. The van der Waals surface area contributed by atoms with Crippen LogP contribution in [0.2, 0.25) is 0 Å². The molecule has 1 saturated heterocycles. The maximum absolute atomic E-state index is 13.3. The lowest BCUT2D eigenvalue weighted by molar-refractivity contribution is -0.116. The van der Waals surface area contributed by atoms with Crippen molar-refractivity contribution in [2.75, 3.05) is 31.5 Å². The van der Waals surface area contributed by atoms with E-state index in [2.05, 4.69) is 33.8 Å². The van der Waals surface area contributed by atoms with Crippen molar-refractivity contribution >= 4 is 56.0 Å². The number of pyridine rings is 1. The van der Waals surface area contributed by atoms with Crippen LogP contribution in [-0.2, 0) is 22.5 Å². The van der Waals surface area contributed by atoms with Crippen molar-refractivity contribution in [3.63, 3.8) is 0 Å². The minimum atomic E-state index is -0.940. The number of aromatic nitrogens is 2. The van der Waals surface area contributed by atoms with Gasteiger partial charge in [0, 0.05) is 61.5 Å². The van der Waals surface area contributed by atoms with Crippen molar-refractivity contribution in [2.24, 2.45) is 11.8 Å². The molecule has 0 bridgehead atoms. The molecule has 7 rings (SSSR count). The quantitative estimate of drug-likeness (QED) is 0.196. The molecule has 3 atom stereocenters. The van der Waals surface area contributed by atoms with E-state index in [4.69, 9.17) is 9.72 Å². The van der Waals surface area contributed by atoms with Gasteiger partial charge in [-0.1, -0.05) is 6.07 Å². The molecule has 1 unspecified atom stereocenters. The van der Waals surface area contributed by atoms with Crippen LogP contribution in [0.1, 0.15) is 50.5 Å². The first-order chi connectivity index (χ1) is 23.0. The van der Waals surface area contributed by atoms with Crippen LogP contribution in [0, 0.1) is 11.8 Å². The van der Waals surface area contributed by atoms with Crippen LogP contribution in [0.25, 0.3) is 31.9 Å². The van der Waals surface area contributed by atoms with Gasteiger partial charge in [-0.05, 0) is 92.8 Å². The Labute approximate surface area is 287 Å². The number of ether oxygens (including phenoxy) is 1. The molecule has 1 saturated carbocycles. The molecule has 48 heavy (non-hydrogen) atoms. The molecule has 3 N–H and O–H groups in total. The minimum absolute atomic E-state index is 0.0900. The normalized spacial score (nSPS) is 20.5. The highest BCUT2D eigenvalue weighted by atomic mass is 32.1. The van der Waals surface area contributed by atoms with E-state index in [9.17, 15) is 19.5 Å². The number of benzene rings is 1. The number of rotatable bonds is 7. The molecular formula is C35H40N6O5S2. The number of carbonyl (C=O) groups excluding carboxylic acids is 2. The number of nitrogens with zero attached hydrogens (tertiary/aromatic N) is 4. The van der Waals surface area contributed by atoms with Crippen LogP contribution >= 0.6 is 22.7 Å². The van der Waals surface area contributed by atoms with Crippen molar-refractivity contribution in [3.05, 3.63) is 53.2 Å². The molecule has 5 heterocycles. The maximum Gasteiger partial charge on any atom is 0.410 e. The third kappa shape index (κ3) is 6.90. The van der Waals surface area contributed by atoms with Crippen molar-refractivity contribution < 1.29 is 24.2 Å². The number of amides is 3. The largest absolute Gasteiger partial charge is 0.465 e. The molecule has 252 valence electrons. The fourth-order valence-corrected chi connectivity index (χ4v) is 9.53. The van der Waals surface area contributed by atoms with E-state index < -0.39 is 11.7 Å². The Hall–Kier alpha value is -4.07. The maximum atomic E-state index is 13.3.